The molecular formula is C23H30ClN3O5S. The predicted octanol–water partition coefficient (Wildman–Crippen LogP) is 3.06. The fourth-order valence-electron chi connectivity index (χ4n) is 3.37. The van der Waals surface area contributed by atoms with Gasteiger partial charge in [0.1, 0.15) is 11.8 Å². The zero-order chi connectivity index (χ0) is 24.6. The van der Waals surface area contributed by atoms with Crippen molar-refractivity contribution in [3.8, 4) is 5.75 Å². The molecule has 0 radical (unpaired) electrons. The third-order valence-corrected chi connectivity index (χ3v) is 6.77. The maximum atomic E-state index is 13.1. The summed E-state index contributed by atoms with van der Waals surface area (Å²) in [6.45, 7) is 1.91. The number of methoxy groups -OCH3 is 1. The zero-order valence-corrected chi connectivity index (χ0v) is 20.8. The van der Waals surface area contributed by atoms with Crippen molar-refractivity contribution in [1.29, 1.82) is 0 Å². The lowest BCUT2D eigenvalue weighted by atomic mass is 10.1. The molecule has 1 N–H and O–H groups in total. The summed E-state index contributed by atoms with van der Waals surface area (Å²) in [5.41, 5.74) is 1.17. The first kappa shape index (κ1) is 26.5. The zero-order valence-electron chi connectivity index (χ0n) is 19.2. The van der Waals surface area contributed by atoms with Crippen LogP contribution in [0.3, 0.4) is 0 Å². The minimum Gasteiger partial charge on any atom is -0.497 e. The quantitative estimate of drug-likeness (QED) is 0.517. The molecule has 0 aromatic heterocycles. The summed E-state index contributed by atoms with van der Waals surface area (Å²) in [4.78, 5) is 26.8. The number of nitrogens with one attached hydrogen (secondary N) is 1. The van der Waals surface area contributed by atoms with E-state index in [9.17, 15) is 18.0 Å². The van der Waals surface area contributed by atoms with E-state index in [2.05, 4.69) is 5.32 Å². The molecule has 10 heteroatoms. The van der Waals surface area contributed by atoms with Gasteiger partial charge in [0.2, 0.25) is 21.8 Å². The van der Waals surface area contributed by atoms with Gasteiger partial charge in [0, 0.05) is 37.6 Å². The third kappa shape index (κ3) is 7.36. The maximum absolute atomic E-state index is 13.1. The van der Waals surface area contributed by atoms with Crippen molar-refractivity contribution in [2.24, 2.45) is 0 Å². The van der Waals surface area contributed by atoms with Crippen molar-refractivity contribution in [2.45, 2.75) is 32.4 Å². The van der Waals surface area contributed by atoms with E-state index in [1.54, 1.807) is 49.4 Å². The van der Waals surface area contributed by atoms with Gasteiger partial charge in [-0.15, -0.1) is 0 Å². The van der Waals surface area contributed by atoms with Crippen LogP contribution >= 0.6 is 11.6 Å². The van der Waals surface area contributed by atoms with Gasteiger partial charge in [-0.1, -0.05) is 35.9 Å². The highest BCUT2D eigenvalue weighted by molar-refractivity contribution is 7.92. The Balaban J connectivity index is 2.17. The van der Waals surface area contributed by atoms with Gasteiger partial charge < -0.3 is 15.0 Å². The average Bonchev–Trinajstić information content (AvgIpc) is 2.79. The fraction of sp³-hybridized carbons (Fsp3) is 0.391. The summed E-state index contributed by atoms with van der Waals surface area (Å²) in [5.74, 6) is -0.0443. The van der Waals surface area contributed by atoms with Crippen molar-refractivity contribution in [1.82, 2.24) is 10.2 Å². The van der Waals surface area contributed by atoms with E-state index in [0.29, 0.717) is 16.5 Å². The molecule has 0 aliphatic rings. The molecule has 1 atom stereocenters. The number of nitrogens with zero attached hydrogens (tertiary/aromatic N) is 2. The lowest BCUT2D eigenvalue weighted by molar-refractivity contribution is -0.140. The predicted molar refractivity (Wildman–Crippen MR) is 130 cm³/mol. The molecule has 2 amide bonds. The third-order valence-electron chi connectivity index (χ3n) is 5.21. The number of carbonyl (C=O) groups is 2. The van der Waals surface area contributed by atoms with Gasteiger partial charge in [-0.3, -0.25) is 13.9 Å². The lowest BCUT2D eigenvalue weighted by Crippen LogP contribution is -2.46. The van der Waals surface area contributed by atoms with Crippen molar-refractivity contribution in [3.05, 3.63) is 59.1 Å². The molecule has 0 bridgehead atoms. The second-order valence-corrected chi connectivity index (χ2v) is 9.86. The Kier molecular flexibility index (Phi) is 9.55. The highest BCUT2D eigenvalue weighted by Gasteiger charge is 2.26. The second-order valence-electron chi connectivity index (χ2n) is 7.54. The van der Waals surface area contributed by atoms with Gasteiger partial charge in [-0.05, 0) is 37.1 Å². The van der Waals surface area contributed by atoms with Gasteiger partial charge in [0.05, 0.1) is 19.1 Å². The number of anilines is 1. The number of amides is 2. The molecule has 0 spiro atoms. The number of benzene rings is 2. The number of ether oxygens (including phenoxy) is 1. The van der Waals surface area contributed by atoms with Crippen molar-refractivity contribution < 1.29 is 22.7 Å². The highest BCUT2D eigenvalue weighted by atomic mass is 35.5. The average molecular weight is 496 g/mol. The molecule has 2 aromatic rings. The van der Waals surface area contributed by atoms with E-state index in [0.717, 1.165) is 11.8 Å². The number of carbonyl (C=O) groups excluding carboxylic acids is 2. The molecule has 8 nitrogen and oxygen atoms in total. The van der Waals surface area contributed by atoms with Crippen LogP contribution in [0.5, 0.6) is 5.75 Å². The van der Waals surface area contributed by atoms with Gasteiger partial charge in [-0.25, -0.2) is 8.42 Å². The molecule has 0 saturated carbocycles. The van der Waals surface area contributed by atoms with E-state index in [1.807, 2.05) is 6.07 Å². The van der Waals surface area contributed by atoms with Crippen LogP contribution in [0.4, 0.5) is 5.69 Å². The maximum Gasteiger partial charge on any atom is 0.242 e. The molecule has 0 heterocycles. The van der Waals surface area contributed by atoms with Crippen LogP contribution in [0.15, 0.2) is 48.5 Å². The van der Waals surface area contributed by atoms with E-state index in [-0.39, 0.29) is 37.7 Å². The Bertz CT molecular complexity index is 1080. The smallest absolute Gasteiger partial charge is 0.242 e. The molecule has 0 saturated heterocycles. The van der Waals surface area contributed by atoms with Gasteiger partial charge >= 0.3 is 0 Å². The Hall–Kier alpha value is -2.78. The summed E-state index contributed by atoms with van der Waals surface area (Å²) < 4.78 is 31.2. The molecule has 1 unspecified atom stereocenters. The molecule has 0 aliphatic carbocycles. The highest BCUT2D eigenvalue weighted by Crippen LogP contribution is 2.24. The van der Waals surface area contributed by atoms with Crippen LogP contribution in [0.1, 0.15) is 25.3 Å². The van der Waals surface area contributed by atoms with Crippen LogP contribution in [0.2, 0.25) is 5.02 Å². The van der Waals surface area contributed by atoms with Gasteiger partial charge in [0.25, 0.3) is 0 Å². The van der Waals surface area contributed by atoms with Gasteiger partial charge in [-0.2, -0.15) is 0 Å². The monoisotopic (exact) mass is 495 g/mol. The normalized spacial score (nSPS) is 12.0. The van der Waals surface area contributed by atoms with Crippen LogP contribution in [0, 0.1) is 0 Å². The topological polar surface area (TPSA) is 96.0 Å². The van der Waals surface area contributed by atoms with Crippen molar-refractivity contribution in [2.75, 3.05) is 31.3 Å². The number of rotatable bonds is 11. The summed E-state index contributed by atoms with van der Waals surface area (Å²) in [7, 11) is -0.565. The molecule has 0 fully saturated rings. The number of hydrogen-bond donors (Lipinski definition) is 1. The Morgan fingerprint density at radius 3 is 2.45 bits per heavy atom. The molecule has 0 aliphatic heterocycles. The summed E-state index contributed by atoms with van der Waals surface area (Å²) >= 11 is 6.26. The fourth-order valence-corrected chi connectivity index (χ4v) is 4.52. The van der Waals surface area contributed by atoms with Crippen LogP contribution in [0.25, 0.3) is 0 Å². The molecular weight excluding hydrogens is 466 g/mol. The number of hydrogen-bond acceptors (Lipinski definition) is 5. The van der Waals surface area contributed by atoms with E-state index >= 15 is 0 Å². The minimum atomic E-state index is -3.58. The largest absolute Gasteiger partial charge is 0.497 e. The SMILES string of the molecule is CNC(=O)C(C)N(Cc1ccccc1Cl)C(=O)CCCN(c1cccc(OC)c1)S(C)(=O)=O. The van der Waals surface area contributed by atoms with Crippen LogP contribution in [-0.2, 0) is 26.2 Å². The van der Waals surface area contributed by atoms with E-state index in [4.69, 9.17) is 16.3 Å². The molecule has 2 rings (SSSR count). The number of likely N-dealkylation sites (N-methyl/N-ethyl adjacent to an activating group) is 1. The van der Waals surface area contributed by atoms with Crippen molar-refractivity contribution >= 4 is 39.1 Å². The molecule has 180 valence electrons. The van der Waals surface area contributed by atoms with E-state index < -0.39 is 16.1 Å². The van der Waals surface area contributed by atoms with Crippen LogP contribution in [-0.4, -0.2) is 58.1 Å². The summed E-state index contributed by atoms with van der Waals surface area (Å²) in [6, 6.07) is 13.1. The van der Waals surface area contributed by atoms with Crippen LogP contribution < -0.4 is 14.4 Å². The first-order valence-electron chi connectivity index (χ1n) is 10.4. The summed E-state index contributed by atoms with van der Waals surface area (Å²) in [6.07, 6.45) is 1.44. The Labute approximate surface area is 200 Å². The minimum absolute atomic E-state index is 0.0573. The first-order chi connectivity index (χ1) is 15.6. The Morgan fingerprint density at radius 2 is 1.85 bits per heavy atom. The summed E-state index contributed by atoms with van der Waals surface area (Å²) in [5, 5.41) is 3.06. The number of halogens is 1. The molecule has 33 heavy (non-hydrogen) atoms. The standard InChI is InChI=1S/C23H30ClN3O5S/c1-17(23(29)25-2)26(16-18-9-5-6-12-21(18)24)22(28)13-8-14-27(33(4,30)31)19-10-7-11-20(15-19)32-3/h5-7,9-12,15,17H,8,13-14,16H2,1-4H3,(H,25,29). The lowest BCUT2D eigenvalue weighted by Gasteiger charge is -2.29. The molecule has 2 aromatic carbocycles. The van der Waals surface area contributed by atoms with Gasteiger partial charge in [0.15, 0.2) is 0 Å². The second kappa shape index (κ2) is 11.9. The van der Waals surface area contributed by atoms with Crippen molar-refractivity contribution in [3.63, 3.8) is 0 Å². The van der Waals surface area contributed by atoms with E-state index in [1.165, 1.54) is 23.4 Å². The number of sulfonamides is 1. The first-order valence-corrected chi connectivity index (χ1v) is 12.7. The Morgan fingerprint density at radius 1 is 1.15 bits per heavy atom.